The quantitative estimate of drug-likeness (QED) is 0.0346. The first-order chi connectivity index (χ1) is 28.0. The second kappa shape index (κ2) is 47.1. The number of carbonyl (C=O) groups excluding carboxylic acids is 3. The van der Waals surface area contributed by atoms with E-state index in [1.54, 1.807) is 0 Å². The van der Waals surface area contributed by atoms with Crippen LogP contribution in [0.15, 0.2) is 0 Å². The Hall–Kier alpha value is -1.59. The van der Waals surface area contributed by atoms with Gasteiger partial charge in [0.2, 0.25) is 0 Å². The van der Waals surface area contributed by atoms with Crippen molar-refractivity contribution in [3.8, 4) is 0 Å². The molecule has 0 aromatic carbocycles. The Kier molecular flexibility index (Phi) is 45.8. The van der Waals surface area contributed by atoms with Crippen molar-refractivity contribution >= 4 is 17.9 Å². The van der Waals surface area contributed by atoms with E-state index >= 15 is 0 Å². The van der Waals surface area contributed by atoms with E-state index in [1.807, 2.05) is 0 Å². The molecule has 0 N–H and O–H groups in total. The number of esters is 3. The number of hydrogen-bond donors (Lipinski definition) is 0. The van der Waals surface area contributed by atoms with Crippen LogP contribution in [0.2, 0.25) is 0 Å². The molecule has 0 saturated heterocycles. The molecule has 57 heavy (non-hydrogen) atoms. The lowest BCUT2D eigenvalue weighted by atomic mass is 10.0. The summed E-state index contributed by atoms with van der Waals surface area (Å²) in [7, 11) is 0. The fourth-order valence-corrected chi connectivity index (χ4v) is 7.74. The van der Waals surface area contributed by atoms with Gasteiger partial charge >= 0.3 is 17.9 Å². The van der Waals surface area contributed by atoms with E-state index in [1.165, 1.54) is 193 Å². The van der Waals surface area contributed by atoms with Crippen LogP contribution < -0.4 is 0 Å². The maximum atomic E-state index is 12.7. The van der Waals surface area contributed by atoms with E-state index < -0.39 is 6.10 Å². The van der Waals surface area contributed by atoms with Gasteiger partial charge < -0.3 is 14.2 Å². The maximum absolute atomic E-state index is 12.7. The summed E-state index contributed by atoms with van der Waals surface area (Å²) in [4.78, 5) is 37.9. The molecule has 0 aromatic rings. The van der Waals surface area contributed by atoms with Crippen LogP contribution in [0.3, 0.4) is 0 Å². The lowest BCUT2D eigenvalue weighted by Crippen LogP contribution is -2.30. The molecule has 0 heterocycles. The van der Waals surface area contributed by atoms with E-state index in [2.05, 4.69) is 20.8 Å². The number of ether oxygens (including phenoxy) is 3. The standard InChI is InChI=1S/C51H98O6/c1-4-7-10-13-16-19-22-24-25-27-30-32-35-38-41-44-50(53)56-47-48(57-51(54)45-42-39-36-33-28-21-18-15-12-9-6-3)46-55-49(52)43-40-37-34-31-29-26-23-20-17-14-11-8-5-2/h48H,4-47H2,1-3H3/t48-/m1/s1. The van der Waals surface area contributed by atoms with Crippen molar-refractivity contribution in [2.45, 2.75) is 297 Å². The molecule has 0 amide bonds. The lowest BCUT2D eigenvalue weighted by molar-refractivity contribution is -0.167. The second-order valence-corrected chi connectivity index (χ2v) is 17.5. The van der Waals surface area contributed by atoms with Crippen molar-refractivity contribution in [2.75, 3.05) is 13.2 Å². The van der Waals surface area contributed by atoms with Crippen LogP contribution in [-0.4, -0.2) is 37.2 Å². The van der Waals surface area contributed by atoms with E-state index in [4.69, 9.17) is 14.2 Å². The van der Waals surface area contributed by atoms with Crippen LogP contribution in [-0.2, 0) is 28.6 Å². The molecule has 6 nitrogen and oxygen atoms in total. The zero-order valence-corrected chi connectivity index (χ0v) is 38.6. The summed E-state index contributed by atoms with van der Waals surface area (Å²) in [5, 5.41) is 0. The molecule has 0 bridgehead atoms. The zero-order valence-electron chi connectivity index (χ0n) is 38.6. The smallest absolute Gasteiger partial charge is 0.306 e. The Balaban J connectivity index is 4.28. The summed E-state index contributed by atoms with van der Waals surface area (Å²) in [6.45, 7) is 6.67. The molecule has 0 aromatic heterocycles. The van der Waals surface area contributed by atoms with Crippen molar-refractivity contribution in [1.82, 2.24) is 0 Å². The predicted octanol–water partition coefficient (Wildman–Crippen LogP) is 16.4. The van der Waals surface area contributed by atoms with Gasteiger partial charge in [-0.3, -0.25) is 14.4 Å². The molecule has 0 aliphatic heterocycles. The zero-order chi connectivity index (χ0) is 41.5. The maximum Gasteiger partial charge on any atom is 0.306 e. The highest BCUT2D eigenvalue weighted by Gasteiger charge is 2.19. The highest BCUT2D eigenvalue weighted by atomic mass is 16.6. The van der Waals surface area contributed by atoms with Crippen molar-refractivity contribution in [1.29, 1.82) is 0 Å². The Labute approximate surface area is 355 Å². The van der Waals surface area contributed by atoms with Gasteiger partial charge in [0, 0.05) is 19.3 Å². The van der Waals surface area contributed by atoms with E-state index in [9.17, 15) is 14.4 Å². The normalized spacial score (nSPS) is 11.8. The lowest BCUT2D eigenvalue weighted by Gasteiger charge is -2.18. The van der Waals surface area contributed by atoms with Crippen molar-refractivity contribution in [3.63, 3.8) is 0 Å². The highest BCUT2D eigenvalue weighted by Crippen LogP contribution is 2.17. The third-order valence-corrected chi connectivity index (χ3v) is 11.6. The largest absolute Gasteiger partial charge is 0.462 e. The van der Waals surface area contributed by atoms with Gasteiger partial charge in [0.1, 0.15) is 13.2 Å². The number of carbonyl (C=O) groups is 3. The first-order valence-corrected chi connectivity index (χ1v) is 25.5. The van der Waals surface area contributed by atoms with Crippen LogP contribution >= 0.6 is 0 Å². The molecular formula is C51H98O6. The molecule has 0 rings (SSSR count). The first-order valence-electron chi connectivity index (χ1n) is 25.5. The third-order valence-electron chi connectivity index (χ3n) is 11.6. The predicted molar refractivity (Wildman–Crippen MR) is 243 cm³/mol. The molecule has 0 spiro atoms. The summed E-state index contributed by atoms with van der Waals surface area (Å²) in [6, 6.07) is 0. The molecule has 6 heteroatoms. The second-order valence-electron chi connectivity index (χ2n) is 17.5. The number of unbranched alkanes of at least 4 members (excludes halogenated alkanes) is 36. The van der Waals surface area contributed by atoms with Crippen LogP contribution in [0.4, 0.5) is 0 Å². The van der Waals surface area contributed by atoms with E-state index in [0.29, 0.717) is 19.3 Å². The van der Waals surface area contributed by atoms with Crippen LogP contribution in [0.5, 0.6) is 0 Å². The van der Waals surface area contributed by atoms with Gasteiger partial charge in [0.15, 0.2) is 6.10 Å². The Morgan fingerprint density at radius 1 is 0.281 bits per heavy atom. The summed E-state index contributed by atoms with van der Waals surface area (Å²) < 4.78 is 16.8. The van der Waals surface area contributed by atoms with Gasteiger partial charge in [-0.2, -0.15) is 0 Å². The van der Waals surface area contributed by atoms with Gasteiger partial charge in [-0.1, -0.05) is 252 Å². The number of hydrogen-bond acceptors (Lipinski definition) is 6. The van der Waals surface area contributed by atoms with Crippen LogP contribution in [0, 0.1) is 0 Å². The Morgan fingerprint density at radius 3 is 0.702 bits per heavy atom. The van der Waals surface area contributed by atoms with Gasteiger partial charge in [-0.25, -0.2) is 0 Å². The average Bonchev–Trinajstić information content (AvgIpc) is 3.21. The number of rotatable bonds is 47. The van der Waals surface area contributed by atoms with Crippen LogP contribution in [0.1, 0.15) is 290 Å². The minimum absolute atomic E-state index is 0.0619. The van der Waals surface area contributed by atoms with Gasteiger partial charge in [-0.05, 0) is 19.3 Å². The molecule has 0 aliphatic rings. The summed E-state index contributed by atoms with van der Waals surface area (Å²) >= 11 is 0. The van der Waals surface area contributed by atoms with Crippen molar-refractivity contribution in [2.24, 2.45) is 0 Å². The monoisotopic (exact) mass is 807 g/mol. The first kappa shape index (κ1) is 55.4. The van der Waals surface area contributed by atoms with Gasteiger partial charge in [-0.15, -0.1) is 0 Å². The molecule has 0 fully saturated rings. The Bertz CT molecular complexity index is 844. The van der Waals surface area contributed by atoms with Crippen molar-refractivity contribution < 1.29 is 28.6 Å². The minimum atomic E-state index is -0.759. The Morgan fingerprint density at radius 2 is 0.474 bits per heavy atom. The summed E-state index contributed by atoms with van der Waals surface area (Å²) in [5.74, 6) is -0.843. The molecule has 338 valence electrons. The van der Waals surface area contributed by atoms with E-state index in [-0.39, 0.29) is 31.1 Å². The summed E-state index contributed by atoms with van der Waals surface area (Å²) in [6.07, 6.45) is 49.4. The summed E-state index contributed by atoms with van der Waals surface area (Å²) in [5.41, 5.74) is 0. The van der Waals surface area contributed by atoms with Crippen molar-refractivity contribution in [3.05, 3.63) is 0 Å². The average molecular weight is 807 g/mol. The van der Waals surface area contributed by atoms with Gasteiger partial charge in [0.25, 0.3) is 0 Å². The SMILES string of the molecule is CCCCCCCCCCCCCCCCCC(=O)OC[C@@H](COC(=O)CCCCCCCCCCCCCCC)OC(=O)CCCCCCCCCCCCC. The molecule has 0 unspecified atom stereocenters. The molecular weight excluding hydrogens is 709 g/mol. The molecule has 0 saturated carbocycles. The molecule has 0 radical (unpaired) electrons. The fraction of sp³-hybridized carbons (Fsp3) is 0.941. The third kappa shape index (κ3) is 45.3. The van der Waals surface area contributed by atoms with E-state index in [0.717, 1.165) is 57.8 Å². The van der Waals surface area contributed by atoms with Gasteiger partial charge in [0.05, 0.1) is 0 Å². The molecule has 0 aliphatic carbocycles. The fourth-order valence-electron chi connectivity index (χ4n) is 7.74. The highest BCUT2D eigenvalue weighted by molar-refractivity contribution is 5.71. The minimum Gasteiger partial charge on any atom is -0.462 e. The molecule has 1 atom stereocenters. The van der Waals surface area contributed by atoms with Crippen LogP contribution in [0.25, 0.3) is 0 Å². The topological polar surface area (TPSA) is 78.9 Å².